The molecule has 3 heterocycles. The van der Waals surface area contributed by atoms with Gasteiger partial charge in [0.05, 0.1) is 11.4 Å². The van der Waals surface area contributed by atoms with Crippen molar-refractivity contribution in [1.29, 1.82) is 0 Å². The van der Waals surface area contributed by atoms with Crippen LogP contribution in [0, 0.1) is 0 Å². The number of hydrogen-bond acceptors (Lipinski definition) is 6. The van der Waals surface area contributed by atoms with Crippen LogP contribution in [-0.2, 0) is 13.0 Å². The molecule has 1 atom stereocenters. The van der Waals surface area contributed by atoms with E-state index in [1.165, 1.54) is 0 Å². The summed E-state index contributed by atoms with van der Waals surface area (Å²) >= 11 is 1.62. The fraction of sp³-hybridized carbons (Fsp3) is 0.400. The zero-order valence-electron chi connectivity index (χ0n) is 12.5. The van der Waals surface area contributed by atoms with E-state index in [0.717, 1.165) is 30.8 Å². The highest BCUT2D eigenvalue weighted by Gasteiger charge is 2.09. The first-order valence-electron chi connectivity index (χ1n) is 7.38. The smallest absolute Gasteiger partial charge is 0.227 e. The van der Waals surface area contributed by atoms with Crippen LogP contribution in [0.5, 0.6) is 0 Å². The zero-order valence-corrected chi connectivity index (χ0v) is 13.3. The largest absolute Gasteiger partial charge is 0.339 e. The predicted molar refractivity (Wildman–Crippen MR) is 85.6 cm³/mol. The molecule has 0 aliphatic heterocycles. The van der Waals surface area contributed by atoms with E-state index in [0.29, 0.717) is 17.8 Å². The quantitative estimate of drug-likeness (QED) is 0.647. The van der Waals surface area contributed by atoms with Gasteiger partial charge in [0, 0.05) is 24.9 Å². The van der Waals surface area contributed by atoms with Gasteiger partial charge in [0.2, 0.25) is 11.7 Å². The van der Waals surface area contributed by atoms with Crippen molar-refractivity contribution in [1.82, 2.24) is 25.2 Å². The molecule has 0 aromatic carbocycles. The molecule has 0 amide bonds. The topological polar surface area (TPSA) is 68.8 Å². The fourth-order valence-corrected chi connectivity index (χ4v) is 2.85. The monoisotopic (exact) mass is 317 g/mol. The molecule has 0 fully saturated rings. The minimum atomic E-state index is 0.379. The Morgan fingerprint density at radius 2 is 2.36 bits per heavy atom. The first-order valence-corrected chi connectivity index (χ1v) is 8.26. The van der Waals surface area contributed by atoms with Crippen molar-refractivity contribution < 1.29 is 4.52 Å². The number of rotatable bonds is 8. The van der Waals surface area contributed by atoms with Crippen LogP contribution in [0.2, 0.25) is 0 Å². The lowest BCUT2D eigenvalue weighted by atomic mass is 10.2. The Morgan fingerprint density at radius 1 is 1.41 bits per heavy atom. The van der Waals surface area contributed by atoms with Crippen molar-refractivity contribution in [3.05, 3.63) is 41.9 Å². The highest BCUT2D eigenvalue weighted by atomic mass is 32.1. The number of hydrogen-bond donors (Lipinski definition) is 1. The minimum absolute atomic E-state index is 0.379. The first kappa shape index (κ1) is 14.9. The van der Waals surface area contributed by atoms with Crippen LogP contribution in [0.15, 0.2) is 40.5 Å². The third-order valence-corrected chi connectivity index (χ3v) is 4.16. The van der Waals surface area contributed by atoms with E-state index in [9.17, 15) is 0 Å². The van der Waals surface area contributed by atoms with Crippen molar-refractivity contribution in [2.75, 3.05) is 6.54 Å². The summed E-state index contributed by atoms with van der Waals surface area (Å²) in [5.74, 6) is 1.38. The number of nitrogens with zero attached hydrogens (tertiary/aromatic N) is 4. The number of nitrogens with one attached hydrogen (secondary N) is 1. The van der Waals surface area contributed by atoms with Crippen molar-refractivity contribution in [3.63, 3.8) is 0 Å². The maximum Gasteiger partial charge on any atom is 0.227 e. The summed E-state index contributed by atoms with van der Waals surface area (Å²) in [4.78, 5) is 5.46. The van der Waals surface area contributed by atoms with E-state index in [1.54, 1.807) is 17.5 Å². The lowest BCUT2D eigenvalue weighted by Gasteiger charge is -2.13. The zero-order chi connectivity index (χ0) is 15.2. The van der Waals surface area contributed by atoms with E-state index >= 15 is 0 Å². The van der Waals surface area contributed by atoms with Gasteiger partial charge in [-0.3, -0.25) is 4.68 Å². The lowest BCUT2D eigenvalue weighted by molar-refractivity contribution is 0.371. The Kier molecular flexibility index (Phi) is 4.97. The Bertz CT molecular complexity index is 662. The molecule has 0 unspecified atom stereocenters. The number of aromatic nitrogens is 4. The molecule has 0 spiro atoms. The van der Waals surface area contributed by atoms with Gasteiger partial charge < -0.3 is 9.84 Å². The Balaban J connectivity index is 1.38. The molecule has 3 aromatic heterocycles. The van der Waals surface area contributed by atoms with Crippen molar-refractivity contribution >= 4 is 11.3 Å². The summed E-state index contributed by atoms with van der Waals surface area (Å²) in [6, 6.07) is 6.30. The molecule has 6 nitrogen and oxygen atoms in total. The third kappa shape index (κ3) is 4.02. The summed E-state index contributed by atoms with van der Waals surface area (Å²) in [5.41, 5.74) is 0. The summed E-state index contributed by atoms with van der Waals surface area (Å²) in [6.45, 7) is 3.94. The Morgan fingerprint density at radius 3 is 3.14 bits per heavy atom. The van der Waals surface area contributed by atoms with Crippen LogP contribution >= 0.6 is 11.3 Å². The molecule has 0 saturated heterocycles. The summed E-state index contributed by atoms with van der Waals surface area (Å²) in [7, 11) is 0. The van der Waals surface area contributed by atoms with Crippen LogP contribution in [0.25, 0.3) is 10.7 Å². The molecule has 0 aliphatic carbocycles. The van der Waals surface area contributed by atoms with Gasteiger partial charge in [-0.1, -0.05) is 11.2 Å². The number of thiophene rings is 1. The average molecular weight is 317 g/mol. The van der Waals surface area contributed by atoms with E-state index in [1.807, 2.05) is 34.5 Å². The maximum atomic E-state index is 5.28. The standard InChI is InChI=1S/C15H19N5OS/c1-12(11-20-9-4-8-17-20)16-7-2-6-14-18-15(19-21-14)13-5-3-10-22-13/h3-5,8-10,12,16H,2,6-7,11H2,1H3/t12-/m0/s1. The van der Waals surface area contributed by atoms with Gasteiger partial charge >= 0.3 is 0 Å². The summed E-state index contributed by atoms with van der Waals surface area (Å²) in [6.07, 6.45) is 5.53. The van der Waals surface area contributed by atoms with Gasteiger partial charge in [0.15, 0.2) is 0 Å². The van der Waals surface area contributed by atoms with Gasteiger partial charge in [-0.05, 0) is 37.4 Å². The second-order valence-electron chi connectivity index (χ2n) is 5.18. The van der Waals surface area contributed by atoms with Crippen LogP contribution in [0.1, 0.15) is 19.2 Å². The molecule has 0 bridgehead atoms. The highest BCUT2D eigenvalue weighted by Crippen LogP contribution is 2.21. The van der Waals surface area contributed by atoms with Gasteiger partial charge in [-0.2, -0.15) is 10.1 Å². The molecule has 7 heteroatoms. The Labute approximate surface area is 133 Å². The molecule has 0 radical (unpaired) electrons. The van der Waals surface area contributed by atoms with Crippen LogP contribution in [0.3, 0.4) is 0 Å². The molecule has 116 valence electrons. The Hall–Kier alpha value is -1.99. The molecular weight excluding hydrogens is 298 g/mol. The van der Waals surface area contributed by atoms with Gasteiger partial charge in [-0.25, -0.2) is 0 Å². The lowest BCUT2D eigenvalue weighted by Crippen LogP contribution is -2.31. The molecular formula is C15H19N5OS. The highest BCUT2D eigenvalue weighted by molar-refractivity contribution is 7.13. The van der Waals surface area contributed by atoms with E-state index in [-0.39, 0.29) is 0 Å². The number of aryl methyl sites for hydroxylation is 1. The van der Waals surface area contributed by atoms with E-state index in [4.69, 9.17) is 4.52 Å². The van der Waals surface area contributed by atoms with Crippen LogP contribution in [0.4, 0.5) is 0 Å². The predicted octanol–water partition coefficient (Wildman–Crippen LogP) is 2.61. The summed E-state index contributed by atoms with van der Waals surface area (Å²) < 4.78 is 7.22. The van der Waals surface area contributed by atoms with Gasteiger partial charge in [0.25, 0.3) is 0 Å². The normalized spacial score (nSPS) is 12.6. The molecule has 1 N–H and O–H groups in total. The van der Waals surface area contributed by atoms with Gasteiger partial charge in [-0.15, -0.1) is 11.3 Å². The van der Waals surface area contributed by atoms with Crippen LogP contribution < -0.4 is 5.32 Å². The van der Waals surface area contributed by atoms with E-state index in [2.05, 4.69) is 27.5 Å². The second kappa shape index (κ2) is 7.33. The minimum Gasteiger partial charge on any atom is -0.339 e. The van der Waals surface area contributed by atoms with Crippen molar-refractivity contribution in [2.24, 2.45) is 0 Å². The van der Waals surface area contributed by atoms with E-state index < -0.39 is 0 Å². The molecule has 22 heavy (non-hydrogen) atoms. The van der Waals surface area contributed by atoms with Gasteiger partial charge in [0.1, 0.15) is 0 Å². The van der Waals surface area contributed by atoms with Crippen molar-refractivity contribution in [3.8, 4) is 10.7 Å². The summed E-state index contributed by atoms with van der Waals surface area (Å²) in [5, 5.41) is 13.7. The molecule has 3 aromatic rings. The van der Waals surface area contributed by atoms with Crippen molar-refractivity contribution in [2.45, 2.75) is 32.4 Å². The third-order valence-electron chi connectivity index (χ3n) is 3.29. The SMILES string of the molecule is C[C@@H](Cn1cccn1)NCCCc1nc(-c2cccs2)no1. The first-order chi connectivity index (χ1) is 10.8. The molecule has 3 rings (SSSR count). The maximum absolute atomic E-state index is 5.28. The molecule has 0 saturated carbocycles. The van der Waals surface area contributed by atoms with Crippen LogP contribution in [-0.4, -0.2) is 32.5 Å². The second-order valence-corrected chi connectivity index (χ2v) is 6.12. The molecule has 0 aliphatic rings. The fourth-order valence-electron chi connectivity index (χ4n) is 2.20. The average Bonchev–Trinajstić information content (AvgIpc) is 3.24.